The Bertz CT molecular complexity index is 481. The highest BCUT2D eigenvalue weighted by Crippen LogP contribution is 2.64. The predicted molar refractivity (Wildman–Crippen MR) is 81.3 cm³/mol. The van der Waals surface area contributed by atoms with Gasteiger partial charge in [-0.2, -0.15) is 5.10 Å². The van der Waals surface area contributed by atoms with E-state index < -0.39 is 0 Å². The van der Waals surface area contributed by atoms with Gasteiger partial charge in [-0.05, 0) is 75.0 Å². The summed E-state index contributed by atoms with van der Waals surface area (Å²) < 4.78 is 2.17. The number of aromatic nitrogens is 2. The first-order valence-electron chi connectivity index (χ1n) is 8.41. The van der Waals surface area contributed by atoms with Crippen molar-refractivity contribution < 1.29 is 0 Å². The van der Waals surface area contributed by atoms with Crippen LogP contribution in [0.1, 0.15) is 63.5 Å². The van der Waals surface area contributed by atoms with Crippen LogP contribution in [0.15, 0.2) is 6.20 Å². The van der Waals surface area contributed by atoms with E-state index in [0.29, 0.717) is 11.5 Å². The Balaban J connectivity index is 1.72. The van der Waals surface area contributed by atoms with E-state index in [0.717, 1.165) is 35.6 Å². The molecule has 0 amide bonds. The van der Waals surface area contributed by atoms with Gasteiger partial charge in [-0.1, -0.05) is 6.92 Å². The first kappa shape index (κ1) is 12.7. The molecule has 1 aromatic rings. The number of rotatable bonds is 3. The third-order valence-electron chi connectivity index (χ3n) is 6.50. The zero-order valence-electron chi connectivity index (χ0n) is 12.8. The minimum Gasteiger partial charge on any atom is -0.384 e. The van der Waals surface area contributed by atoms with E-state index in [-0.39, 0.29) is 0 Å². The number of aryl methyl sites for hydroxylation is 1. The van der Waals surface area contributed by atoms with Crippen molar-refractivity contribution in [3.8, 4) is 0 Å². The van der Waals surface area contributed by atoms with Crippen LogP contribution in [0.25, 0.3) is 0 Å². The summed E-state index contributed by atoms with van der Waals surface area (Å²) in [4.78, 5) is 0. The van der Waals surface area contributed by atoms with Gasteiger partial charge in [0, 0.05) is 5.56 Å². The van der Waals surface area contributed by atoms with Crippen molar-refractivity contribution in [3.63, 3.8) is 0 Å². The molecule has 5 rings (SSSR count). The van der Waals surface area contributed by atoms with E-state index in [9.17, 15) is 0 Å². The van der Waals surface area contributed by atoms with Gasteiger partial charge in [0.2, 0.25) is 0 Å². The Kier molecular flexibility index (Phi) is 2.71. The molecule has 1 atom stereocenters. The molecule has 0 aliphatic heterocycles. The molecule has 1 aromatic heterocycles. The summed E-state index contributed by atoms with van der Waals surface area (Å²) in [5, 5.41) is 4.64. The zero-order chi connectivity index (χ0) is 13.9. The molecule has 3 nitrogen and oxygen atoms in total. The fourth-order valence-electron chi connectivity index (χ4n) is 6.16. The predicted octanol–water partition coefficient (Wildman–Crippen LogP) is 3.94. The average Bonchev–Trinajstić information content (AvgIpc) is 2.70. The van der Waals surface area contributed by atoms with Gasteiger partial charge in [0.1, 0.15) is 5.82 Å². The fraction of sp³-hybridized carbons (Fsp3) is 0.824. The van der Waals surface area contributed by atoms with Gasteiger partial charge in [0.25, 0.3) is 0 Å². The summed E-state index contributed by atoms with van der Waals surface area (Å²) >= 11 is 0. The van der Waals surface area contributed by atoms with Crippen molar-refractivity contribution in [2.45, 2.75) is 64.8 Å². The van der Waals surface area contributed by atoms with Crippen LogP contribution < -0.4 is 5.73 Å². The van der Waals surface area contributed by atoms with Gasteiger partial charge >= 0.3 is 0 Å². The van der Waals surface area contributed by atoms with E-state index in [2.05, 4.69) is 23.6 Å². The number of nitrogens with two attached hydrogens (primary N) is 1. The van der Waals surface area contributed by atoms with E-state index in [1.54, 1.807) is 0 Å². The molecule has 0 spiro atoms. The first-order chi connectivity index (χ1) is 9.61. The summed E-state index contributed by atoms with van der Waals surface area (Å²) in [5.74, 6) is 3.88. The lowest BCUT2D eigenvalue weighted by Crippen LogP contribution is -2.50. The van der Waals surface area contributed by atoms with Gasteiger partial charge < -0.3 is 5.73 Å². The molecule has 0 aromatic carbocycles. The molecule has 4 bridgehead atoms. The van der Waals surface area contributed by atoms with Crippen LogP contribution in [-0.4, -0.2) is 9.78 Å². The molecule has 4 aliphatic rings. The number of hydrogen-bond donors (Lipinski definition) is 1. The standard InChI is InChI=1S/C17H27N3/c1-3-15(20-16(18)11(2)10-19-20)17-7-12-4-13(8-17)6-14(5-12)9-17/h10,12-15H,3-9,18H2,1-2H3. The highest BCUT2D eigenvalue weighted by molar-refractivity contribution is 5.38. The minimum absolute atomic E-state index is 0.496. The monoisotopic (exact) mass is 273 g/mol. The highest BCUT2D eigenvalue weighted by atomic mass is 15.3. The van der Waals surface area contributed by atoms with Crippen molar-refractivity contribution >= 4 is 5.82 Å². The molecule has 0 radical (unpaired) electrons. The molecule has 20 heavy (non-hydrogen) atoms. The molecule has 3 heteroatoms. The summed E-state index contributed by atoms with van der Waals surface area (Å²) in [6.45, 7) is 4.39. The molecule has 1 unspecified atom stereocenters. The lowest BCUT2D eigenvalue weighted by atomic mass is 9.47. The van der Waals surface area contributed by atoms with Gasteiger partial charge in [-0.25, -0.2) is 4.68 Å². The van der Waals surface area contributed by atoms with Crippen LogP contribution in [-0.2, 0) is 0 Å². The van der Waals surface area contributed by atoms with Crippen LogP contribution in [0, 0.1) is 30.1 Å². The largest absolute Gasteiger partial charge is 0.384 e. The zero-order valence-corrected chi connectivity index (χ0v) is 12.8. The second-order valence-electron chi connectivity index (χ2n) is 7.86. The minimum atomic E-state index is 0.496. The second-order valence-corrected chi connectivity index (χ2v) is 7.86. The van der Waals surface area contributed by atoms with E-state index in [1.165, 1.54) is 38.5 Å². The molecule has 0 saturated heterocycles. The lowest BCUT2D eigenvalue weighted by molar-refractivity contribution is -0.0854. The van der Waals surface area contributed by atoms with Crippen LogP contribution in [0.3, 0.4) is 0 Å². The van der Waals surface area contributed by atoms with Crippen LogP contribution >= 0.6 is 0 Å². The van der Waals surface area contributed by atoms with Gasteiger partial charge in [-0.3, -0.25) is 0 Å². The number of anilines is 1. The lowest BCUT2D eigenvalue weighted by Gasteiger charge is -2.59. The first-order valence-corrected chi connectivity index (χ1v) is 8.41. The van der Waals surface area contributed by atoms with E-state index in [4.69, 9.17) is 5.73 Å². The fourth-order valence-corrected chi connectivity index (χ4v) is 6.16. The Morgan fingerprint density at radius 1 is 1.25 bits per heavy atom. The maximum atomic E-state index is 6.30. The Morgan fingerprint density at radius 3 is 2.20 bits per heavy atom. The molecule has 4 saturated carbocycles. The smallest absolute Gasteiger partial charge is 0.124 e. The maximum absolute atomic E-state index is 6.30. The Morgan fingerprint density at radius 2 is 1.80 bits per heavy atom. The van der Waals surface area contributed by atoms with Crippen molar-refractivity contribution in [2.75, 3.05) is 5.73 Å². The molecule has 110 valence electrons. The molecule has 2 N–H and O–H groups in total. The molecule has 1 heterocycles. The van der Waals surface area contributed by atoms with E-state index in [1.807, 2.05) is 6.20 Å². The highest BCUT2D eigenvalue weighted by Gasteiger charge is 2.54. The van der Waals surface area contributed by atoms with Crippen molar-refractivity contribution in [3.05, 3.63) is 11.8 Å². The van der Waals surface area contributed by atoms with Gasteiger partial charge in [0.05, 0.1) is 12.2 Å². The maximum Gasteiger partial charge on any atom is 0.124 e. The third-order valence-corrected chi connectivity index (χ3v) is 6.50. The number of nitrogen functional groups attached to an aromatic ring is 1. The normalized spacial score (nSPS) is 40.2. The second kappa shape index (κ2) is 4.25. The van der Waals surface area contributed by atoms with Gasteiger partial charge in [0.15, 0.2) is 0 Å². The Hall–Kier alpha value is -0.990. The SMILES string of the molecule is CCC(n1ncc(C)c1N)C12CC3CC(CC(C3)C1)C2. The van der Waals surface area contributed by atoms with Crippen molar-refractivity contribution in [2.24, 2.45) is 23.2 Å². The number of nitrogens with zero attached hydrogens (tertiary/aromatic N) is 2. The molecular weight excluding hydrogens is 246 g/mol. The van der Waals surface area contributed by atoms with E-state index >= 15 is 0 Å². The molecule has 4 aliphatic carbocycles. The van der Waals surface area contributed by atoms with Crippen LogP contribution in [0.5, 0.6) is 0 Å². The summed E-state index contributed by atoms with van der Waals surface area (Å²) in [6.07, 6.45) is 11.9. The molecular formula is C17H27N3. The summed E-state index contributed by atoms with van der Waals surface area (Å²) in [7, 11) is 0. The summed E-state index contributed by atoms with van der Waals surface area (Å²) in [6, 6.07) is 0.518. The van der Waals surface area contributed by atoms with Gasteiger partial charge in [-0.15, -0.1) is 0 Å². The topological polar surface area (TPSA) is 43.8 Å². The van der Waals surface area contributed by atoms with Crippen LogP contribution in [0.2, 0.25) is 0 Å². The quantitative estimate of drug-likeness (QED) is 0.906. The number of hydrogen-bond acceptors (Lipinski definition) is 2. The third kappa shape index (κ3) is 1.68. The molecule has 4 fully saturated rings. The van der Waals surface area contributed by atoms with Crippen LogP contribution in [0.4, 0.5) is 5.82 Å². The van der Waals surface area contributed by atoms with Crippen molar-refractivity contribution in [1.82, 2.24) is 9.78 Å². The average molecular weight is 273 g/mol. The Labute approximate surface area is 121 Å². The van der Waals surface area contributed by atoms with Crippen molar-refractivity contribution in [1.29, 1.82) is 0 Å². The summed E-state index contributed by atoms with van der Waals surface area (Å²) in [5.41, 5.74) is 7.93.